The fourth-order valence-electron chi connectivity index (χ4n) is 4.36. The zero-order chi connectivity index (χ0) is 25.9. The summed E-state index contributed by atoms with van der Waals surface area (Å²) in [4.78, 5) is 16.8. The molecule has 1 unspecified atom stereocenters. The molecule has 3 aromatic rings. The lowest BCUT2D eigenvalue weighted by Crippen LogP contribution is -2.49. The Morgan fingerprint density at radius 1 is 1.14 bits per heavy atom. The van der Waals surface area contributed by atoms with Crippen LogP contribution < -0.4 is 9.47 Å². The van der Waals surface area contributed by atoms with Crippen molar-refractivity contribution in [3.63, 3.8) is 0 Å². The van der Waals surface area contributed by atoms with Crippen LogP contribution in [0.1, 0.15) is 35.9 Å². The molecule has 1 aromatic heterocycles. The normalized spacial score (nSPS) is 15.7. The van der Waals surface area contributed by atoms with Crippen LogP contribution in [0.3, 0.4) is 0 Å². The van der Waals surface area contributed by atoms with Gasteiger partial charge in [0.05, 0.1) is 24.6 Å². The fourth-order valence-corrected chi connectivity index (χ4v) is 6.87. The Bertz CT molecular complexity index is 1300. The maximum Gasteiger partial charge on any atom is 0.243 e. The van der Waals surface area contributed by atoms with Crippen LogP contribution in [0.15, 0.2) is 64.9 Å². The molecular weight excluding hydrogens is 496 g/mol. The number of carbonyl (C=O) groups excluding carboxylic acids is 1. The number of hydrogen-bond acceptors (Lipinski definition) is 6. The van der Waals surface area contributed by atoms with Crippen LogP contribution in [0.2, 0.25) is 0 Å². The van der Waals surface area contributed by atoms with Crippen molar-refractivity contribution in [2.75, 3.05) is 26.8 Å². The summed E-state index contributed by atoms with van der Waals surface area (Å²) in [6, 6.07) is 15.4. The van der Waals surface area contributed by atoms with Crippen LogP contribution in [0, 0.1) is 6.92 Å². The molecule has 0 spiro atoms. The quantitative estimate of drug-likeness (QED) is 0.404. The first-order valence-corrected chi connectivity index (χ1v) is 14.2. The van der Waals surface area contributed by atoms with Gasteiger partial charge in [0.25, 0.3) is 0 Å². The van der Waals surface area contributed by atoms with Gasteiger partial charge in [-0.2, -0.15) is 4.31 Å². The summed E-state index contributed by atoms with van der Waals surface area (Å²) in [5, 5.41) is 2.03. The Labute approximate surface area is 217 Å². The molecule has 4 rings (SSSR count). The van der Waals surface area contributed by atoms with Gasteiger partial charge in [0.15, 0.2) is 0 Å². The van der Waals surface area contributed by atoms with Crippen molar-refractivity contribution in [3.05, 3.63) is 76.0 Å². The van der Waals surface area contributed by atoms with Crippen LogP contribution in [0.5, 0.6) is 11.5 Å². The molecule has 0 N–H and O–H groups in total. The van der Waals surface area contributed by atoms with Gasteiger partial charge in [-0.3, -0.25) is 4.79 Å². The molecular formula is C27H32N2O5S2. The Balaban J connectivity index is 1.56. The van der Waals surface area contributed by atoms with E-state index in [1.165, 1.54) is 9.18 Å². The maximum atomic E-state index is 13.6. The molecule has 0 aliphatic carbocycles. The van der Waals surface area contributed by atoms with Crippen molar-refractivity contribution in [2.24, 2.45) is 0 Å². The third-order valence-electron chi connectivity index (χ3n) is 6.36. The van der Waals surface area contributed by atoms with Crippen LogP contribution in [-0.4, -0.2) is 56.4 Å². The van der Waals surface area contributed by atoms with Gasteiger partial charge in [-0.1, -0.05) is 23.8 Å². The molecule has 2 heterocycles. The predicted molar refractivity (Wildman–Crippen MR) is 141 cm³/mol. The number of sulfonamides is 1. The Morgan fingerprint density at radius 3 is 2.56 bits per heavy atom. The second kappa shape index (κ2) is 11.0. The molecule has 1 aliphatic rings. The highest BCUT2D eigenvalue weighted by Crippen LogP contribution is 2.34. The van der Waals surface area contributed by atoms with Gasteiger partial charge in [-0.05, 0) is 68.5 Å². The van der Waals surface area contributed by atoms with Gasteiger partial charge in [0.2, 0.25) is 15.9 Å². The molecule has 192 valence electrons. The highest BCUT2D eigenvalue weighted by atomic mass is 32.2. The third-order valence-corrected chi connectivity index (χ3v) is 9.39. The highest BCUT2D eigenvalue weighted by Gasteiger charge is 2.36. The molecule has 1 amide bonds. The first kappa shape index (κ1) is 26.2. The average Bonchev–Trinajstić information content (AvgIpc) is 3.35. The zero-order valence-electron chi connectivity index (χ0n) is 21.0. The molecule has 0 bridgehead atoms. The second-order valence-electron chi connectivity index (χ2n) is 9.10. The largest absolute Gasteiger partial charge is 0.497 e. The lowest BCUT2D eigenvalue weighted by molar-refractivity contribution is -0.135. The number of amides is 1. The van der Waals surface area contributed by atoms with Crippen LogP contribution in [0.4, 0.5) is 0 Å². The lowest BCUT2D eigenvalue weighted by atomic mass is 10.0. The molecule has 2 aromatic carbocycles. The number of nitrogens with zero attached hydrogens (tertiary/aromatic N) is 2. The number of ether oxygens (including phenoxy) is 2. The molecule has 36 heavy (non-hydrogen) atoms. The second-order valence-corrected chi connectivity index (χ2v) is 12.0. The summed E-state index contributed by atoms with van der Waals surface area (Å²) in [6.45, 7) is 6.02. The molecule has 0 saturated heterocycles. The SMILES string of the molecule is COc1cccc(OCC2c3ccsc3CCN2C(=O)CN(C(C)C)S(=O)(=O)c2ccc(C)cc2)c1. The standard InChI is InChI=1S/C27H32N2O5S2/c1-19(2)29(36(31,32)23-10-8-20(3)9-11-23)17-27(30)28-14-12-26-24(13-15-35-26)25(28)18-34-22-7-5-6-21(16-22)33-4/h5-11,13,15-16,19,25H,12,14,17-18H2,1-4H3. The van der Waals surface area contributed by atoms with Gasteiger partial charge < -0.3 is 14.4 Å². The van der Waals surface area contributed by atoms with Gasteiger partial charge in [-0.15, -0.1) is 11.3 Å². The highest BCUT2D eigenvalue weighted by molar-refractivity contribution is 7.89. The van der Waals surface area contributed by atoms with Gasteiger partial charge in [-0.25, -0.2) is 8.42 Å². The first-order chi connectivity index (χ1) is 17.2. The molecule has 7 nitrogen and oxygen atoms in total. The van der Waals surface area contributed by atoms with E-state index in [0.717, 1.165) is 17.5 Å². The summed E-state index contributed by atoms with van der Waals surface area (Å²) in [5.74, 6) is 1.10. The minimum Gasteiger partial charge on any atom is -0.497 e. The molecule has 1 atom stereocenters. The number of benzene rings is 2. The summed E-state index contributed by atoms with van der Waals surface area (Å²) < 4.78 is 39.5. The van der Waals surface area contributed by atoms with E-state index >= 15 is 0 Å². The average molecular weight is 529 g/mol. The topological polar surface area (TPSA) is 76.2 Å². The molecule has 0 radical (unpaired) electrons. The van der Waals surface area contributed by atoms with Crippen molar-refractivity contribution in [2.45, 2.75) is 44.2 Å². The summed E-state index contributed by atoms with van der Waals surface area (Å²) in [5.41, 5.74) is 2.03. The number of carbonyl (C=O) groups is 1. The molecule has 0 fully saturated rings. The van der Waals surface area contributed by atoms with Crippen LogP contribution >= 0.6 is 11.3 Å². The first-order valence-electron chi connectivity index (χ1n) is 11.9. The minimum absolute atomic E-state index is 0.186. The minimum atomic E-state index is -3.84. The van der Waals surface area contributed by atoms with Crippen LogP contribution in [-0.2, 0) is 21.2 Å². The van der Waals surface area contributed by atoms with Gasteiger partial charge in [0, 0.05) is 23.5 Å². The van der Waals surface area contributed by atoms with Crippen molar-refractivity contribution in [1.29, 1.82) is 0 Å². The zero-order valence-corrected chi connectivity index (χ0v) is 22.6. The predicted octanol–water partition coefficient (Wildman–Crippen LogP) is 4.67. The maximum absolute atomic E-state index is 13.6. The van der Waals surface area contributed by atoms with E-state index in [9.17, 15) is 13.2 Å². The van der Waals surface area contributed by atoms with Crippen molar-refractivity contribution in [3.8, 4) is 11.5 Å². The van der Waals surface area contributed by atoms with Gasteiger partial charge >= 0.3 is 0 Å². The van der Waals surface area contributed by atoms with Crippen molar-refractivity contribution >= 4 is 27.3 Å². The monoisotopic (exact) mass is 528 g/mol. The van der Waals surface area contributed by atoms with Crippen LogP contribution in [0.25, 0.3) is 0 Å². The van der Waals surface area contributed by atoms with E-state index < -0.39 is 10.0 Å². The van der Waals surface area contributed by atoms with Gasteiger partial charge in [0.1, 0.15) is 18.1 Å². The lowest BCUT2D eigenvalue weighted by Gasteiger charge is -2.37. The van der Waals surface area contributed by atoms with Crippen molar-refractivity contribution in [1.82, 2.24) is 9.21 Å². The van der Waals surface area contributed by atoms with E-state index in [2.05, 4.69) is 0 Å². The molecule has 1 aliphatic heterocycles. The number of rotatable bonds is 9. The Morgan fingerprint density at radius 2 is 1.86 bits per heavy atom. The number of hydrogen-bond donors (Lipinski definition) is 0. The third kappa shape index (κ3) is 5.58. The Kier molecular flexibility index (Phi) is 8.02. The van der Waals surface area contributed by atoms with E-state index in [0.29, 0.717) is 18.0 Å². The summed E-state index contributed by atoms with van der Waals surface area (Å²) in [7, 11) is -2.24. The van der Waals surface area contributed by atoms with E-state index in [1.807, 2.05) is 36.6 Å². The number of methoxy groups -OCH3 is 1. The molecule has 9 heteroatoms. The molecule has 0 saturated carbocycles. The Hall–Kier alpha value is -2.88. The smallest absolute Gasteiger partial charge is 0.243 e. The number of thiophene rings is 1. The van der Waals surface area contributed by atoms with E-state index in [-0.39, 0.29) is 36.0 Å². The number of fused-ring (bicyclic) bond motifs is 1. The number of aryl methyl sites for hydroxylation is 1. The van der Waals surface area contributed by atoms with E-state index in [4.69, 9.17) is 9.47 Å². The fraction of sp³-hybridized carbons (Fsp3) is 0.370. The summed E-state index contributed by atoms with van der Waals surface area (Å²) in [6.07, 6.45) is 0.737. The summed E-state index contributed by atoms with van der Waals surface area (Å²) >= 11 is 1.67. The van der Waals surface area contributed by atoms with E-state index in [1.54, 1.807) is 67.5 Å². The van der Waals surface area contributed by atoms with Crippen molar-refractivity contribution < 1.29 is 22.7 Å².